The van der Waals surface area contributed by atoms with E-state index in [0.29, 0.717) is 6.42 Å². The van der Waals surface area contributed by atoms with E-state index in [2.05, 4.69) is 29.3 Å². The highest BCUT2D eigenvalue weighted by molar-refractivity contribution is 7.16. The van der Waals surface area contributed by atoms with Crippen molar-refractivity contribution in [3.05, 3.63) is 63.6 Å². The Kier molecular flexibility index (Phi) is 3.59. The Morgan fingerprint density at radius 1 is 1.13 bits per heavy atom. The number of carbonyl (C=O) groups is 1. The van der Waals surface area contributed by atoms with Crippen LogP contribution < -0.4 is 4.80 Å². The molecule has 23 heavy (non-hydrogen) atoms. The van der Waals surface area contributed by atoms with Crippen LogP contribution >= 0.6 is 22.7 Å². The number of aryl methyl sites for hydroxylation is 1. The van der Waals surface area contributed by atoms with Crippen LogP contribution in [0.25, 0.3) is 21.0 Å². The van der Waals surface area contributed by atoms with Crippen LogP contribution in [-0.4, -0.2) is 10.5 Å². The van der Waals surface area contributed by atoms with Gasteiger partial charge in [-0.15, -0.1) is 11.3 Å². The molecule has 2 heterocycles. The molecule has 0 N–H and O–H groups in total. The first-order valence-corrected chi connectivity index (χ1v) is 8.99. The minimum Gasteiger partial charge on any atom is -0.319 e. The minimum absolute atomic E-state index is 0.0982. The number of thiophene rings is 1. The van der Waals surface area contributed by atoms with Gasteiger partial charge in [0.2, 0.25) is 0 Å². The molecule has 0 aliphatic heterocycles. The molecule has 0 unspecified atom stereocenters. The number of benzene rings is 2. The second-order valence-electron chi connectivity index (χ2n) is 5.34. The van der Waals surface area contributed by atoms with Gasteiger partial charge in [-0.1, -0.05) is 47.7 Å². The van der Waals surface area contributed by atoms with Crippen molar-refractivity contribution in [3.63, 3.8) is 0 Å². The molecule has 2 aromatic carbocycles. The van der Waals surface area contributed by atoms with Crippen LogP contribution in [0.4, 0.5) is 0 Å². The van der Waals surface area contributed by atoms with Crippen LogP contribution in [0.2, 0.25) is 0 Å². The topological polar surface area (TPSA) is 34.4 Å². The molecule has 4 aromatic rings. The van der Waals surface area contributed by atoms with E-state index in [-0.39, 0.29) is 5.91 Å². The van der Waals surface area contributed by atoms with Gasteiger partial charge in [0.1, 0.15) is 0 Å². The van der Waals surface area contributed by atoms with Gasteiger partial charge in [-0.25, -0.2) is 0 Å². The number of hydrogen-bond acceptors (Lipinski definition) is 3. The summed E-state index contributed by atoms with van der Waals surface area (Å²) in [5, 5.41) is 4.37. The maximum absolute atomic E-state index is 12.2. The highest BCUT2D eigenvalue weighted by Gasteiger charge is 2.09. The predicted octanol–water partition coefficient (Wildman–Crippen LogP) is 4.12. The van der Waals surface area contributed by atoms with E-state index in [0.717, 1.165) is 19.9 Å². The minimum atomic E-state index is -0.0982. The van der Waals surface area contributed by atoms with E-state index in [1.54, 1.807) is 22.7 Å². The number of aromatic nitrogens is 1. The van der Waals surface area contributed by atoms with E-state index in [9.17, 15) is 4.79 Å². The number of thiazole rings is 1. The lowest BCUT2D eigenvalue weighted by Crippen LogP contribution is -2.14. The summed E-state index contributed by atoms with van der Waals surface area (Å²) >= 11 is 3.15. The molecule has 2 aromatic heterocycles. The second kappa shape index (κ2) is 5.76. The third-order valence-electron chi connectivity index (χ3n) is 3.81. The quantitative estimate of drug-likeness (QED) is 0.541. The fourth-order valence-corrected chi connectivity index (χ4v) is 4.48. The number of nitrogens with zero attached hydrogens (tertiary/aromatic N) is 2. The summed E-state index contributed by atoms with van der Waals surface area (Å²) < 4.78 is 3.17. The van der Waals surface area contributed by atoms with Crippen LogP contribution in [0.5, 0.6) is 0 Å². The van der Waals surface area contributed by atoms with Crippen LogP contribution in [-0.2, 0) is 18.3 Å². The molecular formula is C18H14N2OS2. The zero-order chi connectivity index (χ0) is 15.8. The normalized spacial score (nSPS) is 12.3. The summed E-state index contributed by atoms with van der Waals surface area (Å²) in [6.45, 7) is 0. The van der Waals surface area contributed by atoms with E-state index < -0.39 is 0 Å². The Hall–Kier alpha value is -2.24. The zero-order valence-electron chi connectivity index (χ0n) is 12.5. The van der Waals surface area contributed by atoms with Crippen molar-refractivity contribution >= 4 is 49.6 Å². The van der Waals surface area contributed by atoms with Crippen LogP contribution in [0.1, 0.15) is 4.88 Å². The highest BCUT2D eigenvalue weighted by Crippen LogP contribution is 2.26. The fourth-order valence-electron chi connectivity index (χ4n) is 2.73. The lowest BCUT2D eigenvalue weighted by molar-refractivity contribution is -0.117. The number of fused-ring (bicyclic) bond motifs is 3. The number of amides is 1. The number of hydrogen-bond donors (Lipinski definition) is 0. The van der Waals surface area contributed by atoms with Gasteiger partial charge in [-0.05, 0) is 22.9 Å². The summed E-state index contributed by atoms with van der Waals surface area (Å²) in [6, 6.07) is 16.4. The standard InChI is InChI=1S/C18H14N2OS2/c1-20-17-14-7-3-2-5-12(14)8-9-15(17)23-18(20)19-16(21)11-13-6-4-10-22-13/h2-10H,11H2,1H3. The summed E-state index contributed by atoms with van der Waals surface area (Å²) in [5.41, 5.74) is 1.13. The summed E-state index contributed by atoms with van der Waals surface area (Å²) in [4.78, 5) is 18.3. The Balaban J connectivity index is 1.84. The Morgan fingerprint density at radius 2 is 2.00 bits per heavy atom. The molecular weight excluding hydrogens is 324 g/mol. The molecule has 0 aliphatic carbocycles. The van der Waals surface area contributed by atoms with Crippen molar-refractivity contribution in [3.8, 4) is 0 Å². The maximum Gasteiger partial charge on any atom is 0.253 e. The summed E-state index contributed by atoms with van der Waals surface area (Å²) in [7, 11) is 1.97. The van der Waals surface area contributed by atoms with Crippen LogP contribution in [0.3, 0.4) is 0 Å². The van der Waals surface area contributed by atoms with Crippen molar-refractivity contribution in [1.82, 2.24) is 4.57 Å². The fraction of sp³-hybridized carbons (Fsp3) is 0.111. The van der Waals surface area contributed by atoms with E-state index in [1.807, 2.05) is 41.3 Å². The van der Waals surface area contributed by atoms with Crippen molar-refractivity contribution in [2.75, 3.05) is 0 Å². The van der Waals surface area contributed by atoms with E-state index >= 15 is 0 Å². The molecule has 0 spiro atoms. The summed E-state index contributed by atoms with van der Waals surface area (Å²) in [5.74, 6) is -0.0982. The molecule has 0 atom stereocenters. The molecule has 4 rings (SSSR count). The lowest BCUT2D eigenvalue weighted by Gasteiger charge is -2.01. The van der Waals surface area contributed by atoms with E-state index in [1.165, 1.54) is 10.8 Å². The highest BCUT2D eigenvalue weighted by atomic mass is 32.1. The molecule has 0 fully saturated rings. The van der Waals surface area contributed by atoms with Gasteiger partial charge in [0, 0.05) is 17.3 Å². The third-order valence-corrected chi connectivity index (χ3v) is 5.79. The number of carbonyl (C=O) groups excluding carboxylic acids is 1. The number of rotatable bonds is 2. The van der Waals surface area contributed by atoms with Crippen molar-refractivity contribution in [2.45, 2.75) is 6.42 Å². The van der Waals surface area contributed by atoms with Crippen molar-refractivity contribution in [2.24, 2.45) is 12.0 Å². The molecule has 5 heteroatoms. The Labute approximate surface area is 141 Å². The van der Waals surface area contributed by atoms with Crippen LogP contribution in [0, 0.1) is 0 Å². The van der Waals surface area contributed by atoms with Gasteiger partial charge >= 0.3 is 0 Å². The third kappa shape index (κ3) is 2.62. The molecule has 0 saturated heterocycles. The maximum atomic E-state index is 12.2. The monoisotopic (exact) mass is 338 g/mol. The Morgan fingerprint density at radius 3 is 2.83 bits per heavy atom. The largest absolute Gasteiger partial charge is 0.319 e. The van der Waals surface area contributed by atoms with Gasteiger partial charge in [0.05, 0.1) is 16.6 Å². The van der Waals surface area contributed by atoms with Gasteiger partial charge in [-0.2, -0.15) is 4.99 Å². The first-order chi connectivity index (χ1) is 11.2. The molecule has 1 amide bonds. The molecule has 0 saturated carbocycles. The Bertz CT molecular complexity index is 1070. The first kappa shape index (κ1) is 14.4. The SMILES string of the molecule is Cn1c(=NC(=O)Cc2cccs2)sc2ccc3ccccc3c21. The zero-order valence-corrected chi connectivity index (χ0v) is 14.2. The molecule has 3 nitrogen and oxygen atoms in total. The van der Waals surface area contributed by atoms with E-state index in [4.69, 9.17) is 0 Å². The van der Waals surface area contributed by atoms with Gasteiger partial charge in [-0.3, -0.25) is 4.79 Å². The van der Waals surface area contributed by atoms with Gasteiger partial charge in [0.25, 0.3) is 5.91 Å². The van der Waals surface area contributed by atoms with Crippen LogP contribution in [0.15, 0.2) is 58.9 Å². The predicted molar refractivity (Wildman–Crippen MR) is 96.9 cm³/mol. The molecule has 114 valence electrons. The summed E-state index contributed by atoms with van der Waals surface area (Å²) in [6.07, 6.45) is 0.368. The average Bonchev–Trinajstić information content (AvgIpc) is 3.16. The smallest absolute Gasteiger partial charge is 0.253 e. The molecule has 0 aliphatic rings. The van der Waals surface area contributed by atoms with Crippen molar-refractivity contribution in [1.29, 1.82) is 0 Å². The van der Waals surface area contributed by atoms with Gasteiger partial charge in [0.15, 0.2) is 4.80 Å². The molecule has 0 radical (unpaired) electrons. The van der Waals surface area contributed by atoms with Gasteiger partial charge < -0.3 is 4.57 Å². The molecule has 0 bridgehead atoms. The second-order valence-corrected chi connectivity index (χ2v) is 7.38. The van der Waals surface area contributed by atoms with Crippen molar-refractivity contribution < 1.29 is 4.79 Å². The first-order valence-electron chi connectivity index (χ1n) is 7.29. The average molecular weight is 338 g/mol. The lowest BCUT2D eigenvalue weighted by atomic mass is 10.1.